The molecular weight excluding hydrogens is 398 g/mol. The van der Waals surface area contributed by atoms with Gasteiger partial charge in [-0.05, 0) is 43.3 Å². The van der Waals surface area contributed by atoms with Gasteiger partial charge < -0.3 is 9.83 Å². The Morgan fingerprint density at radius 3 is 2.71 bits per heavy atom. The molecule has 9 heteroatoms. The van der Waals surface area contributed by atoms with Gasteiger partial charge in [0.05, 0.1) is 24.6 Å². The number of thioether (sulfide) groups is 1. The van der Waals surface area contributed by atoms with Crippen LogP contribution in [0.2, 0.25) is 5.02 Å². The maximum atomic E-state index is 12.3. The molecule has 0 spiro atoms. The number of nitrogens with one attached hydrogen (secondary N) is 1. The molecule has 0 aliphatic heterocycles. The van der Waals surface area contributed by atoms with Gasteiger partial charge in [0.1, 0.15) is 11.7 Å². The van der Waals surface area contributed by atoms with Gasteiger partial charge in [-0.3, -0.25) is 9.36 Å². The number of nitriles is 1. The smallest absolute Gasteiger partial charge is 0.192 e. The summed E-state index contributed by atoms with van der Waals surface area (Å²) >= 11 is 7.15. The maximum absolute atomic E-state index is 12.3. The van der Waals surface area contributed by atoms with Gasteiger partial charge in [0.25, 0.3) is 0 Å². The number of halogens is 1. The fourth-order valence-electron chi connectivity index (χ4n) is 2.54. The molecule has 2 aromatic heterocycles. The highest BCUT2D eigenvalue weighted by Crippen LogP contribution is 2.27. The third kappa shape index (κ3) is 4.50. The standard InChI is InChI=1S/C19H16ClN5O2S/c1-12(22)16(9-21)17(26)11-28-19-24-23-18(13-4-6-14(20)7-5-13)25(19)10-15-3-2-8-27-15/h2-8,16,22H,10-11H2,1H3. The summed E-state index contributed by atoms with van der Waals surface area (Å²) in [5, 5.41) is 26.3. The van der Waals surface area contributed by atoms with E-state index in [-0.39, 0.29) is 17.2 Å². The first-order valence-corrected chi connectivity index (χ1v) is 9.67. The molecule has 0 fully saturated rings. The van der Waals surface area contributed by atoms with Crippen molar-refractivity contribution in [2.75, 3.05) is 5.75 Å². The van der Waals surface area contributed by atoms with Gasteiger partial charge in [0, 0.05) is 16.3 Å². The minimum absolute atomic E-state index is 0.0192. The summed E-state index contributed by atoms with van der Waals surface area (Å²) < 4.78 is 7.29. The van der Waals surface area contributed by atoms with Crippen molar-refractivity contribution in [3.05, 3.63) is 53.4 Å². The Kier molecular flexibility index (Phi) is 6.29. The first-order chi connectivity index (χ1) is 13.5. The van der Waals surface area contributed by atoms with Crippen LogP contribution in [0.4, 0.5) is 0 Å². The van der Waals surface area contributed by atoms with E-state index < -0.39 is 5.92 Å². The van der Waals surface area contributed by atoms with Crippen molar-refractivity contribution in [2.24, 2.45) is 5.92 Å². The van der Waals surface area contributed by atoms with E-state index in [4.69, 9.17) is 26.7 Å². The normalized spacial score (nSPS) is 11.8. The Labute approximate surface area is 170 Å². The fraction of sp³-hybridized carbons (Fsp3) is 0.211. The fourth-order valence-corrected chi connectivity index (χ4v) is 3.51. The van der Waals surface area contributed by atoms with E-state index in [1.807, 2.05) is 28.8 Å². The summed E-state index contributed by atoms with van der Waals surface area (Å²) in [6.45, 7) is 1.84. The van der Waals surface area contributed by atoms with Crippen LogP contribution in [0.1, 0.15) is 12.7 Å². The number of aromatic nitrogens is 3. The second kappa shape index (κ2) is 8.87. The molecule has 1 aromatic carbocycles. The van der Waals surface area contributed by atoms with Crippen molar-refractivity contribution in [1.82, 2.24) is 14.8 Å². The zero-order chi connectivity index (χ0) is 20.1. The van der Waals surface area contributed by atoms with Gasteiger partial charge >= 0.3 is 0 Å². The van der Waals surface area contributed by atoms with Crippen molar-refractivity contribution < 1.29 is 9.21 Å². The zero-order valence-electron chi connectivity index (χ0n) is 14.9. The summed E-state index contributed by atoms with van der Waals surface area (Å²) in [5.41, 5.74) is 0.860. The molecule has 3 aromatic rings. The van der Waals surface area contributed by atoms with E-state index in [1.165, 1.54) is 18.7 Å². The van der Waals surface area contributed by atoms with Gasteiger partial charge in [0.2, 0.25) is 0 Å². The van der Waals surface area contributed by atoms with E-state index >= 15 is 0 Å². The number of hydrogen-bond acceptors (Lipinski definition) is 7. The van der Waals surface area contributed by atoms with Crippen LogP contribution in [0.15, 0.2) is 52.2 Å². The van der Waals surface area contributed by atoms with Crippen LogP contribution in [-0.4, -0.2) is 32.0 Å². The van der Waals surface area contributed by atoms with E-state index in [1.54, 1.807) is 24.5 Å². The second-order valence-corrected chi connectivity index (χ2v) is 7.36. The third-order valence-corrected chi connectivity index (χ3v) is 5.18. The average molecular weight is 414 g/mol. The van der Waals surface area contributed by atoms with Gasteiger partial charge in [-0.2, -0.15) is 5.26 Å². The molecular formula is C19H16ClN5O2S. The second-order valence-electron chi connectivity index (χ2n) is 5.98. The Balaban J connectivity index is 1.88. The largest absolute Gasteiger partial charge is 0.467 e. The van der Waals surface area contributed by atoms with Crippen LogP contribution < -0.4 is 0 Å². The molecule has 0 saturated heterocycles. The van der Waals surface area contributed by atoms with Crippen LogP contribution in [0, 0.1) is 22.7 Å². The summed E-state index contributed by atoms with van der Waals surface area (Å²) in [5.74, 6) is -0.0208. The Hall–Kier alpha value is -2.89. The Bertz CT molecular complexity index is 1020. The van der Waals surface area contributed by atoms with Crippen molar-refractivity contribution in [2.45, 2.75) is 18.6 Å². The molecule has 3 rings (SSSR count). The van der Waals surface area contributed by atoms with Gasteiger partial charge in [-0.25, -0.2) is 0 Å². The molecule has 1 unspecified atom stereocenters. The molecule has 28 heavy (non-hydrogen) atoms. The SMILES string of the molecule is CC(=N)C(C#N)C(=O)CSc1nnc(-c2ccc(Cl)cc2)n1Cc1ccco1. The summed E-state index contributed by atoms with van der Waals surface area (Å²) in [4.78, 5) is 12.3. The first-order valence-electron chi connectivity index (χ1n) is 8.31. The predicted octanol–water partition coefficient (Wildman–Crippen LogP) is 4.08. The number of Topliss-reactive ketones (excluding diaryl/α,β-unsaturated/α-hetero) is 1. The van der Waals surface area contributed by atoms with E-state index in [9.17, 15) is 4.79 Å². The molecule has 1 atom stereocenters. The minimum Gasteiger partial charge on any atom is -0.467 e. The summed E-state index contributed by atoms with van der Waals surface area (Å²) in [6, 6.07) is 12.7. The monoisotopic (exact) mass is 413 g/mol. The summed E-state index contributed by atoms with van der Waals surface area (Å²) in [7, 11) is 0. The van der Waals surface area contributed by atoms with Crippen LogP contribution in [0.3, 0.4) is 0 Å². The van der Waals surface area contributed by atoms with Crippen LogP contribution in [0.5, 0.6) is 0 Å². The van der Waals surface area contributed by atoms with Crippen molar-refractivity contribution in [1.29, 1.82) is 10.7 Å². The van der Waals surface area contributed by atoms with Gasteiger partial charge in [-0.15, -0.1) is 10.2 Å². The topological polar surface area (TPSA) is 109 Å². The number of hydrogen-bond donors (Lipinski definition) is 1. The lowest BCUT2D eigenvalue weighted by atomic mass is 10.0. The molecule has 142 valence electrons. The molecule has 1 N–H and O–H groups in total. The van der Waals surface area contributed by atoms with Crippen LogP contribution in [0.25, 0.3) is 11.4 Å². The number of ketones is 1. The lowest BCUT2D eigenvalue weighted by Crippen LogP contribution is -2.21. The highest BCUT2D eigenvalue weighted by atomic mass is 35.5. The van der Waals surface area contributed by atoms with Gasteiger partial charge in [-0.1, -0.05) is 23.4 Å². The highest BCUT2D eigenvalue weighted by molar-refractivity contribution is 7.99. The van der Waals surface area contributed by atoms with Crippen molar-refractivity contribution in [3.8, 4) is 17.5 Å². The first kappa shape index (κ1) is 19.9. The van der Waals surface area contributed by atoms with E-state index in [0.717, 1.165) is 5.56 Å². The molecule has 0 bridgehead atoms. The Morgan fingerprint density at radius 1 is 1.36 bits per heavy atom. The number of nitrogens with zero attached hydrogens (tertiary/aromatic N) is 4. The van der Waals surface area contributed by atoms with E-state index in [0.29, 0.717) is 28.3 Å². The van der Waals surface area contributed by atoms with Crippen molar-refractivity contribution >= 4 is 34.9 Å². The number of carbonyl (C=O) groups excluding carboxylic acids is 1. The molecule has 0 aliphatic carbocycles. The lowest BCUT2D eigenvalue weighted by Gasteiger charge is -2.10. The predicted molar refractivity (Wildman–Crippen MR) is 107 cm³/mol. The number of rotatable bonds is 8. The highest BCUT2D eigenvalue weighted by Gasteiger charge is 2.22. The quantitative estimate of drug-likeness (QED) is 0.440. The molecule has 0 radical (unpaired) electrons. The van der Waals surface area contributed by atoms with Gasteiger partial charge in [0.15, 0.2) is 16.8 Å². The van der Waals surface area contributed by atoms with Crippen molar-refractivity contribution in [3.63, 3.8) is 0 Å². The third-order valence-electron chi connectivity index (χ3n) is 3.94. The molecule has 0 amide bonds. The van der Waals surface area contributed by atoms with E-state index in [2.05, 4.69) is 10.2 Å². The molecule has 0 saturated carbocycles. The summed E-state index contributed by atoms with van der Waals surface area (Å²) in [6.07, 6.45) is 1.59. The maximum Gasteiger partial charge on any atom is 0.192 e. The molecule has 7 nitrogen and oxygen atoms in total. The zero-order valence-corrected chi connectivity index (χ0v) is 16.5. The number of furan rings is 1. The lowest BCUT2D eigenvalue weighted by molar-refractivity contribution is -0.117. The number of benzene rings is 1. The minimum atomic E-state index is -1.04. The van der Waals surface area contributed by atoms with Crippen LogP contribution in [-0.2, 0) is 11.3 Å². The van der Waals surface area contributed by atoms with Crippen LogP contribution >= 0.6 is 23.4 Å². The molecule has 2 heterocycles. The Morgan fingerprint density at radius 2 is 2.11 bits per heavy atom. The number of carbonyl (C=O) groups is 1. The average Bonchev–Trinajstić information content (AvgIpc) is 3.31. The molecule has 0 aliphatic rings.